The molecule has 172 valence electrons. The average Bonchev–Trinajstić information content (AvgIpc) is 3.47. The van der Waals surface area contributed by atoms with E-state index in [0.29, 0.717) is 23.7 Å². The molecule has 6 rings (SSSR count). The smallest absolute Gasteiger partial charge is 0.258 e. The Labute approximate surface area is 189 Å². The van der Waals surface area contributed by atoms with Gasteiger partial charge in [0.25, 0.3) is 5.91 Å². The summed E-state index contributed by atoms with van der Waals surface area (Å²) in [6.45, 7) is 1.94. The Kier molecular flexibility index (Phi) is 4.47. The third kappa shape index (κ3) is 3.04. The average molecular weight is 455 g/mol. The number of aryl methyl sites for hydroxylation is 1. The SMILES string of the molecule is Cc1c(C(=O)N2[C@@H]3CCC[C@H]2c2nn(C)c(-c4cc(F)c(F)c(F)c4)c2C3)cnn1C1CC1. The maximum Gasteiger partial charge on any atom is 0.258 e. The van der Waals surface area contributed by atoms with Gasteiger partial charge in [0.15, 0.2) is 17.5 Å². The minimum Gasteiger partial charge on any atom is -0.327 e. The minimum absolute atomic E-state index is 0.0363. The van der Waals surface area contributed by atoms with E-state index >= 15 is 0 Å². The molecule has 3 aromatic rings. The normalized spacial score (nSPS) is 21.9. The van der Waals surface area contributed by atoms with E-state index in [1.165, 1.54) is 0 Å². The van der Waals surface area contributed by atoms with Crippen LogP contribution in [0.25, 0.3) is 11.3 Å². The van der Waals surface area contributed by atoms with Crippen LogP contribution >= 0.6 is 0 Å². The lowest BCUT2D eigenvalue weighted by Gasteiger charge is -2.45. The Balaban J connectivity index is 1.41. The lowest BCUT2D eigenvalue weighted by atomic mass is 9.81. The van der Waals surface area contributed by atoms with Crippen LogP contribution in [0.15, 0.2) is 18.3 Å². The van der Waals surface area contributed by atoms with Crippen LogP contribution in [-0.2, 0) is 13.5 Å². The Morgan fingerprint density at radius 1 is 1.06 bits per heavy atom. The molecule has 1 aliphatic carbocycles. The molecule has 1 aromatic carbocycles. The first kappa shape index (κ1) is 20.5. The predicted molar refractivity (Wildman–Crippen MR) is 114 cm³/mol. The second kappa shape index (κ2) is 7.20. The molecule has 0 radical (unpaired) electrons. The molecule has 0 unspecified atom stereocenters. The number of carbonyl (C=O) groups excluding carboxylic acids is 1. The molecule has 1 amide bonds. The van der Waals surface area contributed by atoms with Gasteiger partial charge in [-0.1, -0.05) is 0 Å². The summed E-state index contributed by atoms with van der Waals surface area (Å²) in [6, 6.07) is 2.18. The van der Waals surface area contributed by atoms with Gasteiger partial charge in [0, 0.05) is 29.9 Å². The largest absolute Gasteiger partial charge is 0.327 e. The van der Waals surface area contributed by atoms with Crippen LogP contribution in [0.3, 0.4) is 0 Å². The number of benzene rings is 1. The number of hydrogen-bond donors (Lipinski definition) is 0. The van der Waals surface area contributed by atoms with Crippen LogP contribution in [0.4, 0.5) is 13.2 Å². The van der Waals surface area contributed by atoms with Crippen LogP contribution in [0, 0.1) is 24.4 Å². The molecular weight excluding hydrogens is 431 g/mol. The van der Waals surface area contributed by atoms with Crippen LogP contribution in [0.5, 0.6) is 0 Å². The third-order valence-electron chi connectivity index (χ3n) is 7.34. The fourth-order valence-electron chi connectivity index (χ4n) is 5.66. The van der Waals surface area contributed by atoms with Crippen LogP contribution in [0.1, 0.15) is 71.5 Å². The Morgan fingerprint density at radius 3 is 2.48 bits per heavy atom. The Hall–Kier alpha value is -3.10. The Morgan fingerprint density at radius 2 is 1.79 bits per heavy atom. The number of piperidine rings is 1. The van der Waals surface area contributed by atoms with Gasteiger partial charge in [0.05, 0.1) is 35.2 Å². The molecule has 9 heteroatoms. The van der Waals surface area contributed by atoms with Crippen molar-refractivity contribution in [3.8, 4) is 11.3 Å². The highest BCUT2D eigenvalue weighted by atomic mass is 19.2. The van der Waals surface area contributed by atoms with Crippen molar-refractivity contribution in [3.05, 3.63) is 58.3 Å². The molecule has 1 saturated carbocycles. The van der Waals surface area contributed by atoms with E-state index in [9.17, 15) is 18.0 Å². The molecule has 0 N–H and O–H groups in total. The fourth-order valence-corrected chi connectivity index (χ4v) is 5.66. The van der Waals surface area contributed by atoms with Gasteiger partial charge < -0.3 is 4.90 Å². The van der Waals surface area contributed by atoms with E-state index in [0.717, 1.165) is 61.2 Å². The monoisotopic (exact) mass is 455 g/mol. The van der Waals surface area contributed by atoms with Crippen molar-refractivity contribution in [2.45, 2.75) is 63.6 Å². The summed E-state index contributed by atoms with van der Waals surface area (Å²) in [7, 11) is 1.72. The number of amides is 1. The number of carbonyl (C=O) groups is 1. The molecule has 2 fully saturated rings. The van der Waals surface area contributed by atoms with Gasteiger partial charge in [-0.05, 0) is 57.6 Å². The van der Waals surface area contributed by atoms with Crippen LogP contribution in [-0.4, -0.2) is 36.4 Å². The molecule has 4 heterocycles. The van der Waals surface area contributed by atoms with Gasteiger partial charge in [-0.3, -0.25) is 14.2 Å². The summed E-state index contributed by atoms with van der Waals surface area (Å²) >= 11 is 0. The van der Waals surface area contributed by atoms with Gasteiger partial charge >= 0.3 is 0 Å². The number of rotatable bonds is 3. The first-order chi connectivity index (χ1) is 15.8. The molecule has 1 saturated heterocycles. The summed E-state index contributed by atoms with van der Waals surface area (Å²) < 4.78 is 45.0. The predicted octanol–water partition coefficient (Wildman–Crippen LogP) is 4.64. The molecule has 33 heavy (non-hydrogen) atoms. The second-order valence-electron chi connectivity index (χ2n) is 9.43. The molecule has 2 aromatic heterocycles. The number of halogens is 3. The molecular formula is C24H24F3N5O. The van der Waals surface area contributed by atoms with E-state index in [1.807, 2.05) is 16.5 Å². The summed E-state index contributed by atoms with van der Waals surface area (Å²) in [5.41, 5.74) is 3.99. The highest BCUT2D eigenvalue weighted by Gasteiger charge is 2.44. The first-order valence-electron chi connectivity index (χ1n) is 11.4. The highest BCUT2D eigenvalue weighted by molar-refractivity contribution is 5.96. The van der Waals surface area contributed by atoms with Gasteiger partial charge in [0.2, 0.25) is 0 Å². The quantitative estimate of drug-likeness (QED) is 0.541. The van der Waals surface area contributed by atoms with E-state index in [4.69, 9.17) is 0 Å². The summed E-state index contributed by atoms with van der Waals surface area (Å²) in [5, 5.41) is 9.15. The third-order valence-corrected chi connectivity index (χ3v) is 7.34. The number of fused-ring (bicyclic) bond motifs is 4. The molecule has 2 atom stereocenters. The lowest BCUT2D eigenvalue weighted by Crippen LogP contribution is -2.50. The van der Waals surface area contributed by atoms with Crippen molar-refractivity contribution in [2.75, 3.05) is 0 Å². The zero-order valence-electron chi connectivity index (χ0n) is 18.5. The zero-order valence-corrected chi connectivity index (χ0v) is 18.5. The maximum atomic E-state index is 14.0. The summed E-state index contributed by atoms with van der Waals surface area (Å²) in [5.74, 6) is -3.97. The number of nitrogens with zero attached hydrogens (tertiary/aromatic N) is 5. The summed E-state index contributed by atoms with van der Waals surface area (Å²) in [4.78, 5) is 15.6. The van der Waals surface area contributed by atoms with Gasteiger partial charge in [0.1, 0.15) is 0 Å². The van der Waals surface area contributed by atoms with Crippen molar-refractivity contribution in [1.29, 1.82) is 0 Å². The number of aromatic nitrogens is 4. The van der Waals surface area contributed by atoms with Crippen molar-refractivity contribution >= 4 is 5.91 Å². The maximum absolute atomic E-state index is 14.0. The number of hydrogen-bond acceptors (Lipinski definition) is 3. The van der Waals surface area contributed by atoms with Gasteiger partial charge in [-0.25, -0.2) is 13.2 Å². The zero-order chi connectivity index (χ0) is 23.0. The van der Waals surface area contributed by atoms with E-state index < -0.39 is 17.5 Å². The van der Waals surface area contributed by atoms with Gasteiger partial charge in [-0.15, -0.1) is 0 Å². The molecule has 0 spiro atoms. The van der Waals surface area contributed by atoms with E-state index in [1.54, 1.807) is 17.9 Å². The molecule has 6 nitrogen and oxygen atoms in total. The van der Waals surface area contributed by atoms with Crippen LogP contribution in [0.2, 0.25) is 0 Å². The Bertz CT molecular complexity index is 1270. The second-order valence-corrected chi connectivity index (χ2v) is 9.43. The van der Waals surface area contributed by atoms with Gasteiger partial charge in [-0.2, -0.15) is 10.2 Å². The lowest BCUT2D eigenvalue weighted by molar-refractivity contribution is 0.0391. The van der Waals surface area contributed by atoms with Crippen molar-refractivity contribution in [2.24, 2.45) is 7.05 Å². The molecule has 2 bridgehead atoms. The topological polar surface area (TPSA) is 56.0 Å². The minimum atomic E-state index is -1.48. The first-order valence-corrected chi connectivity index (χ1v) is 11.4. The van der Waals surface area contributed by atoms with Crippen LogP contribution < -0.4 is 0 Å². The molecule has 2 aliphatic heterocycles. The fraction of sp³-hybridized carbons (Fsp3) is 0.458. The van der Waals surface area contributed by atoms with Crippen molar-refractivity contribution in [1.82, 2.24) is 24.5 Å². The summed E-state index contributed by atoms with van der Waals surface area (Å²) in [6.07, 6.45) is 6.99. The van der Waals surface area contributed by atoms with E-state index in [-0.39, 0.29) is 23.6 Å². The van der Waals surface area contributed by atoms with Crippen molar-refractivity contribution in [3.63, 3.8) is 0 Å². The molecule has 3 aliphatic rings. The standard InChI is InChI=1S/C24H24F3N5O/c1-12-17(11-28-32(12)14-6-7-14)24(33)31-15-4-3-5-20(31)22-16(10-15)23(30(2)29-22)13-8-18(25)21(27)19(26)9-13/h8-9,11,14-15,20H,3-7,10H2,1-2H3/t15-,20+/m1/s1. The highest BCUT2D eigenvalue weighted by Crippen LogP contribution is 2.45. The van der Waals surface area contributed by atoms with Crippen molar-refractivity contribution < 1.29 is 18.0 Å². The van der Waals surface area contributed by atoms with E-state index in [2.05, 4.69) is 10.2 Å².